The van der Waals surface area contributed by atoms with Crippen LogP contribution in [0.3, 0.4) is 0 Å². The molecule has 1 atom stereocenters. The average Bonchev–Trinajstić information content (AvgIpc) is 2.36. The molecule has 0 bridgehead atoms. The Balaban J connectivity index is 2.95. The second-order valence-corrected chi connectivity index (χ2v) is 5.10. The molecule has 1 rings (SSSR count). The first kappa shape index (κ1) is 15.9. The Labute approximate surface area is 117 Å². The second-order valence-electron chi connectivity index (χ2n) is 5.10. The van der Waals surface area contributed by atoms with Gasteiger partial charge in [0.1, 0.15) is 12.0 Å². The molecule has 0 aliphatic rings. The van der Waals surface area contributed by atoms with E-state index in [9.17, 15) is 14.9 Å². The molecule has 7 heteroatoms. The molecule has 0 saturated heterocycles. The fourth-order valence-electron chi connectivity index (χ4n) is 1.99. The highest BCUT2D eigenvalue weighted by Crippen LogP contribution is 2.19. The number of rotatable bonds is 6. The molecule has 1 aromatic rings. The van der Waals surface area contributed by atoms with Crippen molar-refractivity contribution in [1.29, 1.82) is 0 Å². The number of carbonyl (C=O) groups excluding carboxylic acids is 1. The molecule has 7 nitrogen and oxygen atoms in total. The minimum atomic E-state index is -0.569. The molecule has 1 unspecified atom stereocenters. The van der Waals surface area contributed by atoms with Crippen molar-refractivity contribution < 1.29 is 9.72 Å². The summed E-state index contributed by atoms with van der Waals surface area (Å²) in [6.07, 6.45) is 1.96. The predicted octanol–water partition coefficient (Wildman–Crippen LogP) is 2.20. The Bertz CT molecular complexity index is 502. The number of hydrogen-bond acceptors (Lipinski definition) is 5. The number of hydrogen-bond donors (Lipinski definition) is 2. The Kier molecular flexibility index (Phi) is 5.42. The zero-order chi connectivity index (χ0) is 15.3. The van der Waals surface area contributed by atoms with E-state index in [1.54, 1.807) is 7.05 Å². The van der Waals surface area contributed by atoms with E-state index in [0.29, 0.717) is 11.7 Å². The molecule has 110 valence electrons. The maximum absolute atomic E-state index is 12.2. The topological polar surface area (TPSA) is 97.2 Å². The van der Waals surface area contributed by atoms with Crippen LogP contribution in [0, 0.1) is 16.0 Å². The minimum Gasteiger partial charge on any atom is -0.372 e. The third-order valence-corrected chi connectivity index (χ3v) is 2.77. The lowest BCUT2D eigenvalue weighted by Gasteiger charge is -2.16. The normalized spacial score (nSPS) is 12.1. The standard InChI is InChI=1S/C13H20N4O3/c1-8(2)5-9(3)16-13(18)11-6-10(17(19)20)7-15-12(11)14-4/h6-9H,5H2,1-4H3,(H,14,15)(H,16,18). The molecule has 0 aliphatic carbocycles. The van der Waals surface area contributed by atoms with Gasteiger partial charge in [-0.1, -0.05) is 13.8 Å². The van der Waals surface area contributed by atoms with Crippen molar-refractivity contribution in [3.8, 4) is 0 Å². The van der Waals surface area contributed by atoms with Gasteiger partial charge in [0.25, 0.3) is 11.6 Å². The van der Waals surface area contributed by atoms with Crippen molar-refractivity contribution in [3.05, 3.63) is 27.9 Å². The number of carbonyl (C=O) groups is 1. The molecular weight excluding hydrogens is 260 g/mol. The van der Waals surface area contributed by atoms with Gasteiger partial charge in [-0.15, -0.1) is 0 Å². The van der Waals surface area contributed by atoms with Crippen molar-refractivity contribution in [2.75, 3.05) is 12.4 Å². The molecule has 1 heterocycles. The van der Waals surface area contributed by atoms with Gasteiger partial charge in [0.15, 0.2) is 0 Å². The van der Waals surface area contributed by atoms with Gasteiger partial charge in [0.2, 0.25) is 0 Å². The summed E-state index contributed by atoms with van der Waals surface area (Å²) in [7, 11) is 1.61. The van der Waals surface area contributed by atoms with E-state index in [1.165, 1.54) is 6.07 Å². The number of pyridine rings is 1. The Morgan fingerprint density at radius 1 is 1.45 bits per heavy atom. The fourth-order valence-corrected chi connectivity index (χ4v) is 1.99. The monoisotopic (exact) mass is 280 g/mol. The van der Waals surface area contributed by atoms with Gasteiger partial charge >= 0.3 is 0 Å². The van der Waals surface area contributed by atoms with Crippen LogP contribution in [0.4, 0.5) is 11.5 Å². The molecule has 0 radical (unpaired) electrons. The Hall–Kier alpha value is -2.18. The molecule has 2 N–H and O–H groups in total. The molecule has 0 fully saturated rings. The Morgan fingerprint density at radius 2 is 2.10 bits per heavy atom. The summed E-state index contributed by atoms with van der Waals surface area (Å²) < 4.78 is 0. The van der Waals surface area contributed by atoms with Crippen LogP contribution in [0.2, 0.25) is 0 Å². The highest BCUT2D eigenvalue weighted by atomic mass is 16.6. The number of nitrogens with one attached hydrogen (secondary N) is 2. The van der Waals surface area contributed by atoms with Crippen LogP contribution in [0.15, 0.2) is 12.3 Å². The lowest BCUT2D eigenvalue weighted by Crippen LogP contribution is -2.34. The number of amides is 1. The molecular formula is C13H20N4O3. The van der Waals surface area contributed by atoms with E-state index in [2.05, 4.69) is 29.5 Å². The smallest absolute Gasteiger partial charge is 0.288 e. The van der Waals surface area contributed by atoms with Crippen molar-refractivity contribution >= 4 is 17.4 Å². The summed E-state index contributed by atoms with van der Waals surface area (Å²) in [4.78, 5) is 26.3. The first-order valence-electron chi connectivity index (χ1n) is 6.48. The largest absolute Gasteiger partial charge is 0.372 e. The van der Waals surface area contributed by atoms with Gasteiger partial charge in [-0.05, 0) is 19.3 Å². The highest BCUT2D eigenvalue weighted by molar-refractivity contribution is 5.99. The van der Waals surface area contributed by atoms with E-state index in [0.717, 1.165) is 12.6 Å². The minimum absolute atomic E-state index is 0.00790. The zero-order valence-corrected chi connectivity index (χ0v) is 12.1. The lowest BCUT2D eigenvalue weighted by atomic mass is 10.0. The van der Waals surface area contributed by atoms with Gasteiger partial charge in [0.05, 0.1) is 10.5 Å². The van der Waals surface area contributed by atoms with Crippen LogP contribution >= 0.6 is 0 Å². The van der Waals surface area contributed by atoms with E-state index in [4.69, 9.17) is 0 Å². The van der Waals surface area contributed by atoms with Crippen molar-refractivity contribution in [2.45, 2.75) is 33.2 Å². The summed E-state index contributed by atoms with van der Waals surface area (Å²) in [5.74, 6) is 0.417. The molecule has 0 spiro atoms. The molecule has 20 heavy (non-hydrogen) atoms. The maximum Gasteiger partial charge on any atom is 0.288 e. The molecule has 1 aromatic heterocycles. The summed E-state index contributed by atoms with van der Waals surface area (Å²) in [5.41, 5.74) is -0.0250. The third kappa shape index (κ3) is 4.18. The van der Waals surface area contributed by atoms with Crippen LogP contribution in [0.1, 0.15) is 37.6 Å². The van der Waals surface area contributed by atoms with Crippen LogP contribution in [-0.2, 0) is 0 Å². The van der Waals surface area contributed by atoms with Gasteiger partial charge in [-0.25, -0.2) is 4.98 Å². The highest BCUT2D eigenvalue weighted by Gasteiger charge is 2.19. The van der Waals surface area contributed by atoms with E-state index in [1.807, 2.05) is 6.92 Å². The molecule has 0 aromatic carbocycles. The SMILES string of the molecule is CNc1ncc([N+](=O)[O-])cc1C(=O)NC(C)CC(C)C. The third-order valence-electron chi connectivity index (χ3n) is 2.77. The fraction of sp³-hybridized carbons (Fsp3) is 0.538. The zero-order valence-electron chi connectivity index (χ0n) is 12.1. The van der Waals surface area contributed by atoms with Crippen LogP contribution < -0.4 is 10.6 Å². The summed E-state index contributed by atoms with van der Waals surface area (Å²) in [5, 5.41) is 16.3. The van der Waals surface area contributed by atoms with Gasteiger partial charge in [-0.2, -0.15) is 0 Å². The average molecular weight is 280 g/mol. The van der Waals surface area contributed by atoms with Gasteiger partial charge in [-0.3, -0.25) is 14.9 Å². The number of aromatic nitrogens is 1. The first-order chi connectivity index (χ1) is 9.35. The summed E-state index contributed by atoms with van der Waals surface area (Å²) >= 11 is 0. The maximum atomic E-state index is 12.2. The lowest BCUT2D eigenvalue weighted by molar-refractivity contribution is -0.385. The summed E-state index contributed by atoms with van der Waals surface area (Å²) in [6.45, 7) is 6.04. The van der Waals surface area contributed by atoms with Crippen LogP contribution in [-0.4, -0.2) is 28.9 Å². The van der Waals surface area contributed by atoms with E-state index in [-0.39, 0.29) is 23.2 Å². The summed E-state index contributed by atoms with van der Waals surface area (Å²) in [6, 6.07) is 1.22. The van der Waals surface area contributed by atoms with Gasteiger partial charge < -0.3 is 10.6 Å². The van der Waals surface area contributed by atoms with Gasteiger partial charge in [0, 0.05) is 19.2 Å². The Morgan fingerprint density at radius 3 is 2.60 bits per heavy atom. The van der Waals surface area contributed by atoms with Crippen LogP contribution in [0.25, 0.3) is 0 Å². The molecule has 1 amide bonds. The molecule has 0 aliphatic heterocycles. The number of anilines is 1. The quantitative estimate of drug-likeness (QED) is 0.615. The molecule has 0 saturated carbocycles. The van der Waals surface area contributed by atoms with Crippen LogP contribution in [0.5, 0.6) is 0 Å². The van der Waals surface area contributed by atoms with E-state index >= 15 is 0 Å². The predicted molar refractivity (Wildman–Crippen MR) is 76.8 cm³/mol. The number of nitro groups is 1. The first-order valence-corrected chi connectivity index (χ1v) is 6.48. The number of nitrogens with zero attached hydrogens (tertiary/aromatic N) is 2. The van der Waals surface area contributed by atoms with Crippen molar-refractivity contribution in [3.63, 3.8) is 0 Å². The van der Waals surface area contributed by atoms with Crippen molar-refractivity contribution in [2.24, 2.45) is 5.92 Å². The second kappa shape index (κ2) is 6.83. The van der Waals surface area contributed by atoms with E-state index < -0.39 is 4.92 Å². The van der Waals surface area contributed by atoms with Crippen molar-refractivity contribution in [1.82, 2.24) is 10.3 Å².